The number of rotatable bonds is 8. The van der Waals surface area contributed by atoms with Crippen molar-refractivity contribution in [2.24, 2.45) is 0 Å². The molecule has 1 aromatic carbocycles. The van der Waals surface area contributed by atoms with Crippen molar-refractivity contribution in [1.82, 2.24) is 9.62 Å². The maximum absolute atomic E-state index is 12.6. The van der Waals surface area contributed by atoms with E-state index in [2.05, 4.69) is 5.32 Å². The summed E-state index contributed by atoms with van der Waals surface area (Å²) in [6, 6.07) is 5.28. The molecular weight excluding hydrogens is 276 g/mol. The van der Waals surface area contributed by atoms with E-state index in [9.17, 15) is 8.42 Å². The lowest BCUT2D eigenvalue weighted by Gasteiger charge is -2.20. The number of ether oxygens (including phenoxy) is 1. The molecule has 6 heteroatoms. The van der Waals surface area contributed by atoms with Gasteiger partial charge in [-0.1, -0.05) is 26.8 Å². The van der Waals surface area contributed by atoms with Crippen molar-refractivity contribution in [1.29, 1.82) is 0 Å². The van der Waals surface area contributed by atoms with Crippen LogP contribution in [-0.2, 0) is 16.6 Å². The number of methoxy groups -OCH3 is 1. The van der Waals surface area contributed by atoms with Gasteiger partial charge in [-0.15, -0.1) is 0 Å². The van der Waals surface area contributed by atoms with E-state index < -0.39 is 10.0 Å². The zero-order valence-electron chi connectivity index (χ0n) is 12.6. The minimum absolute atomic E-state index is 0.235. The molecule has 1 aromatic rings. The summed E-state index contributed by atoms with van der Waals surface area (Å²) in [6.07, 6.45) is 0. The van der Waals surface area contributed by atoms with E-state index in [0.29, 0.717) is 25.4 Å². The Morgan fingerprint density at radius 2 is 1.85 bits per heavy atom. The summed E-state index contributed by atoms with van der Waals surface area (Å²) in [6.45, 7) is 8.04. The highest BCUT2D eigenvalue weighted by molar-refractivity contribution is 7.89. The predicted octanol–water partition coefficient (Wildman–Crippen LogP) is 1.84. The fourth-order valence-corrected chi connectivity index (χ4v) is 3.67. The van der Waals surface area contributed by atoms with Crippen LogP contribution in [0.15, 0.2) is 23.1 Å². The normalized spacial score (nSPS) is 11.8. The van der Waals surface area contributed by atoms with Gasteiger partial charge in [0, 0.05) is 19.6 Å². The number of sulfonamides is 1. The Labute approximate surface area is 122 Å². The van der Waals surface area contributed by atoms with Crippen LogP contribution in [0.3, 0.4) is 0 Å². The Kier molecular flexibility index (Phi) is 6.45. The Morgan fingerprint density at radius 1 is 1.20 bits per heavy atom. The molecule has 0 saturated carbocycles. The molecule has 0 bridgehead atoms. The van der Waals surface area contributed by atoms with Gasteiger partial charge in [0.2, 0.25) is 10.0 Å². The summed E-state index contributed by atoms with van der Waals surface area (Å²) in [7, 11) is -2.02. The van der Waals surface area contributed by atoms with Crippen LogP contribution < -0.4 is 10.1 Å². The second kappa shape index (κ2) is 7.61. The lowest BCUT2D eigenvalue weighted by Crippen LogP contribution is -2.31. The molecule has 1 rings (SSSR count). The molecule has 0 aliphatic rings. The van der Waals surface area contributed by atoms with Crippen molar-refractivity contribution in [3.8, 4) is 5.75 Å². The number of nitrogens with zero attached hydrogens (tertiary/aromatic N) is 1. The topological polar surface area (TPSA) is 58.6 Å². The second-order valence-electron chi connectivity index (χ2n) is 4.35. The molecule has 114 valence electrons. The van der Waals surface area contributed by atoms with Gasteiger partial charge in [-0.2, -0.15) is 4.31 Å². The number of benzene rings is 1. The summed E-state index contributed by atoms with van der Waals surface area (Å²) >= 11 is 0. The first kappa shape index (κ1) is 16.9. The molecule has 1 N–H and O–H groups in total. The molecule has 0 spiro atoms. The fraction of sp³-hybridized carbons (Fsp3) is 0.571. The van der Waals surface area contributed by atoms with Crippen LogP contribution in [0.5, 0.6) is 5.75 Å². The Balaban J connectivity index is 3.25. The molecule has 0 aromatic heterocycles. The molecule has 0 amide bonds. The van der Waals surface area contributed by atoms with Gasteiger partial charge in [0.15, 0.2) is 0 Å². The zero-order valence-corrected chi connectivity index (χ0v) is 13.5. The minimum Gasteiger partial charge on any atom is -0.495 e. The van der Waals surface area contributed by atoms with Gasteiger partial charge in [0.1, 0.15) is 10.6 Å². The SMILES string of the molecule is CCNCc1ccc(OC)c(S(=O)(=O)N(CC)CC)c1. The van der Waals surface area contributed by atoms with E-state index >= 15 is 0 Å². The summed E-state index contributed by atoms with van der Waals surface area (Å²) in [4.78, 5) is 0.235. The van der Waals surface area contributed by atoms with Crippen LogP contribution in [0.25, 0.3) is 0 Å². The molecule has 0 heterocycles. The van der Waals surface area contributed by atoms with Crippen molar-refractivity contribution in [3.05, 3.63) is 23.8 Å². The maximum atomic E-state index is 12.6. The first-order valence-corrected chi connectivity index (χ1v) is 8.32. The standard InChI is InChI=1S/C14H24N2O3S/c1-5-15-11-12-8-9-13(19-4)14(10-12)20(17,18)16(6-2)7-3/h8-10,15H,5-7,11H2,1-4H3. The predicted molar refractivity (Wildman–Crippen MR) is 80.5 cm³/mol. The highest BCUT2D eigenvalue weighted by atomic mass is 32.2. The van der Waals surface area contributed by atoms with Crippen LogP contribution in [0.4, 0.5) is 0 Å². The van der Waals surface area contributed by atoms with Crippen molar-refractivity contribution >= 4 is 10.0 Å². The van der Waals surface area contributed by atoms with Gasteiger partial charge < -0.3 is 10.1 Å². The van der Waals surface area contributed by atoms with Gasteiger partial charge >= 0.3 is 0 Å². The maximum Gasteiger partial charge on any atom is 0.246 e. The van der Waals surface area contributed by atoms with Crippen LogP contribution in [0.1, 0.15) is 26.3 Å². The van der Waals surface area contributed by atoms with Crippen molar-refractivity contribution in [3.63, 3.8) is 0 Å². The Hall–Kier alpha value is -1.11. The largest absolute Gasteiger partial charge is 0.495 e. The number of hydrogen-bond acceptors (Lipinski definition) is 4. The highest BCUT2D eigenvalue weighted by Crippen LogP contribution is 2.27. The third-order valence-electron chi connectivity index (χ3n) is 3.13. The first-order chi connectivity index (χ1) is 9.51. The van der Waals surface area contributed by atoms with E-state index in [1.807, 2.05) is 26.8 Å². The van der Waals surface area contributed by atoms with E-state index in [4.69, 9.17) is 4.74 Å². The lowest BCUT2D eigenvalue weighted by atomic mass is 10.2. The molecule has 0 atom stereocenters. The van der Waals surface area contributed by atoms with Gasteiger partial charge in [-0.05, 0) is 24.2 Å². The highest BCUT2D eigenvalue weighted by Gasteiger charge is 2.25. The van der Waals surface area contributed by atoms with Crippen LogP contribution in [0.2, 0.25) is 0 Å². The van der Waals surface area contributed by atoms with E-state index in [1.54, 1.807) is 12.1 Å². The van der Waals surface area contributed by atoms with Gasteiger partial charge in [0.25, 0.3) is 0 Å². The molecule has 5 nitrogen and oxygen atoms in total. The van der Waals surface area contributed by atoms with Crippen molar-refractivity contribution < 1.29 is 13.2 Å². The molecule has 0 radical (unpaired) electrons. The van der Waals surface area contributed by atoms with Crippen molar-refractivity contribution in [2.75, 3.05) is 26.7 Å². The molecule has 0 aliphatic carbocycles. The van der Waals surface area contributed by atoms with E-state index in [0.717, 1.165) is 12.1 Å². The molecule has 20 heavy (non-hydrogen) atoms. The Morgan fingerprint density at radius 3 is 2.35 bits per heavy atom. The zero-order chi connectivity index (χ0) is 15.2. The van der Waals surface area contributed by atoms with Crippen LogP contribution in [-0.4, -0.2) is 39.5 Å². The fourth-order valence-electron chi connectivity index (χ4n) is 2.00. The van der Waals surface area contributed by atoms with Crippen LogP contribution >= 0.6 is 0 Å². The number of hydrogen-bond donors (Lipinski definition) is 1. The quantitative estimate of drug-likeness (QED) is 0.796. The Bertz CT molecular complexity index is 525. The lowest BCUT2D eigenvalue weighted by molar-refractivity contribution is 0.395. The van der Waals surface area contributed by atoms with Gasteiger partial charge in [-0.3, -0.25) is 0 Å². The third-order valence-corrected chi connectivity index (χ3v) is 5.20. The van der Waals surface area contributed by atoms with Gasteiger partial charge in [0.05, 0.1) is 7.11 Å². The van der Waals surface area contributed by atoms with E-state index in [-0.39, 0.29) is 4.90 Å². The summed E-state index contributed by atoms with van der Waals surface area (Å²) in [5.74, 6) is 0.386. The average molecular weight is 300 g/mol. The van der Waals surface area contributed by atoms with Crippen molar-refractivity contribution in [2.45, 2.75) is 32.2 Å². The molecule has 0 fully saturated rings. The molecule has 0 aliphatic heterocycles. The molecular formula is C14H24N2O3S. The first-order valence-electron chi connectivity index (χ1n) is 6.88. The monoisotopic (exact) mass is 300 g/mol. The van der Waals surface area contributed by atoms with Gasteiger partial charge in [-0.25, -0.2) is 8.42 Å². The smallest absolute Gasteiger partial charge is 0.246 e. The van der Waals surface area contributed by atoms with E-state index in [1.165, 1.54) is 11.4 Å². The third kappa shape index (κ3) is 3.71. The van der Waals surface area contributed by atoms with Crippen LogP contribution in [0, 0.1) is 0 Å². The molecule has 0 saturated heterocycles. The minimum atomic E-state index is -3.51. The number of nitrogens with one attached hydrogen (secondary N) is 1. The summed E-state index contributed by atoms with van der Waals surface area (Å²) in [5.41, 5.74) is 0.929. The summed E-state index contributed by atoms with van der Waals surface area (Å²) < 4.78 is 31.9. The molecule has 0 unspecified atom stereocenters. The summed E-state index contributed by atoms with van der Waals surface area (Å²) in [5, 5.41) is 3.19. The average Bonchev–Trinajstić information content (AvgIpc) is 2.45. The second-order valence-corrected chi connectivity index (χ2v) is 6.26.